The van der Waals surface area contributed by atoms with Gasteiger partial charge in [0.25, 0.3) is 0 Å². The zero-order valence-electron chi connectivity index (χ0n) is 9.93. The molecular formula is C18H12. The summed E-state index contributed by atoms with van der Waals surface area (Å²) in [5, 5.41) is 0. The monoisotopic (exact) mass is 228 g/mol. The molecule has 0 aromatic heterocycles. The van der Waals surface area contributed by atoms with Gasteiger partial charge in [-0.15, -0.1) is 0 Å². The Morgan fingerprint density at radius 3 is 1.67 bits per heavy atom. The lowest BCUT2D eigenvalue weighted by Gasteiger charge is -2.06. The van der Waals surface area contributed by atoms with Gasteiger partial charge in [0.05, 0.1) is 0 Å². The largest absolute Gasteiger partial charge is 0.0622 e. The Kier molecular flexibility index (Phi) is 1.92. The van der Waals surface area contributed by atoms with Crippen LogP contribution in [0.2, 0.25) is 0 Å². The van der Waals surface area contributed by atoms with Crippen molar-refractivity contribution in [3.05, 3.63) is 72.8 Å². The minimum absolute atomic E-state index is 1.29. The zero-order valence-corrected chi connectivity index (χ0v) is 9.93. The predicted molar refractivity (Wildman–Crippen MR) is 76.3 cm³/mol. The van der Waals surface area contributed by atoms with Crippen molar-refractivity contribution >= 4 is 0 Å². The van der Waals surface area contributed by atoms with E-state index in [1.807, 2.05) is 0 Å². The maximum absolute atomic E-state index is 2.22. The molecule has 4 rings (SSSR count). The topological polar surface area (TPSA) is 0 Å². The molecule has 84 valence electrons. The molecule has 0 saturated heterocycles. The van der Waals surface area contributed by atoms with Crippen molar-refractivity contribution in [3.63, 3.8) is 0 Å². The Labute approximate surface area is 107 Å². The summed E-state index contributed by atoms with van der Waals surface area (Å²) in [7, 11) is 0. The molecule has 18 heavy (non-hydrogen) atoms. The lowest BCUT2D eigenvalue weighted by Crippen LogP contribution is -1.80. The van der Waals surface area contributed by atoms with E-state index in [4.69, 9.17) is 0 Å². The van der Waals surface area contributed by atoms with Crippen molar-refractivity contribution < 1.29 is 0 Å². The molecular weight excluding hydrogens is 216 g/mol. The fraction of sp³-hybridized carbons (Fsp3) is 0. The number of fused-ring (bicyclic) bond motifs is 1. The SMILES string of the molecule is c1ccc(-c2ccccc2-c2c3cccc2-3)cc1. The average molecular weight is 228 g/mol. The van der Waals surface area contributed by atoms with Gasteiger partial charge in [0.1, 0.15) is 0 Å². The van der Waals surface area contributed by atoms with Gasteiger partial charge in [-0.1, -0.05) is 72.8 Å². The molecule has 0 aliphatic heterocycles. The standard InChI is InChI=1S/C18H12/c1-2-7-13(8-3-1)14-9-4-5-10-15(14)18-16-11-6-12-17(16)18/h1-12H. The van der Waals surface area contributed by atoms with Gasteiger partial charge < -0.3 is 0 Å². The van der Waals surface area contributed by atoms with Crippen molar-refractivity contribution in [3.8, 4) is 33.4 Å². The van der Waals surface area contributed by atoms with Crippen molar-refractivity contribution in [2.75, 3.05) is 0 Å². The van der Waals surface area contributed by atoms with Gasteiger partial charge in [-0.05, 0) is 33.4 Å². The van der Waals surface area contributed by atoms with E-state index in [-0.39, 0.29) is 0 Å². The third-order valence-electron chi connectivity index (χ3n) is 3.57. The lowest BCUT2D eigenvalue weighted by molar-refractivity contribution is 1.62. The van der Waals surface area contributed by atoms with Crippen LogP contribution in [0.5, 0.6) is 0 Å². The maximum Gasteiger partial charge on any atom is -0.00201 e. The highest BCUT2D eigenvalue weighted by Gasteiger charge is 2.26. The van der Waals surface area contributed by atoms with Gasteiger partial charge in [-0.3, -0.25) is 0 Å². The first-order chi connectivity index (χ1) is 8.95. The summed E-state index contributed by atoms with van der Waals surface area (Å²) in [5.41, 5.74) is 8.23. The van der Waals surface area contributed by atoms with Crippen molar-refractivity contribution in [2.45, 2.75) is 0 Å². The molecule has 0 spiro atoms. The third-order valence-corrected chi connectivity index (χ3v) is 3.57. The molecule has 0 heterocycles. The van der Waals surface area contributed by atoms with Crippen LogP contribution < -0.4 is 0 Å². The van der Waals surface area contributed by atoms with E-state index >= 15 is 0 Å². The normalized spacial score (nSPS) is 11.3. The molecule has 0 radical (unpaired) electrons. The summed E-state index contributed by atoms with van der Waals surface area (Å²) in [5.74, 6) is 0. The quantitative estimate of drug-likeness (QED) is 0.453. The fourth-order valence-electron chi connectivity index (χ4n) is 2.66. The first-order valence-electron chi connectivity index (χ1n) is 6.23. The minimum atomic E-state index is 1.29. The molecule has 2 aromatic carbocycles. The highest BCUT2D eigenvalue weighted by molar-refractivity contribution is 6.10. The number of rotatable bonds is 2. The summed E-state index contributed by atoms with van der Waals surface area (Å²) < 4.78 is 0. The van der Waals surface area contributed by atoms with Gasteiger partial charge in [0.15, 0.2) is 0 Å². The van der Waals surface area contributed by atoms with E-state index in [1.54, 1.807) is 0 Å². The summed E-state index contributed by atoms with van der Waals surface area (Å²) in [4.78, 5) is 0. The highest BCUT2D eigenvalue weighted by atomic mass is 14.3. The van der Waals surface area contributed by atoms with Crippen LogP contribution in [-0.4, -0.2) is 0 Å². The molecule has 0 amide bonds. The molecule has 0 unspecified atom stereocenters. The van der Waals surface area contributed by atoms with Gasteiger partial charge in [0, 0.05) is 0 Å². The molecule has 0 atom stereocenters. The van der Waals surface area contributed by atoms with Crippen LogP contribution in [-0.2, 0) is 0 Å². The Hall–Kier alpha value is -2.34. The van der Waals surface area contributed by atoms with E-state index in [2.05, 4.69) is 72.8 Å². The third kappa shape index (κ3) is 1.32. The van der Waals surface area contributed by atoms with Crippen LogP contribution in [0, 0.1) is 0 Å². The van der Waals surface area contributed by atoms with E-state index in [0.29, 0.717) is 0 Å². The first-order valence-corrected chi connectivity index (χ1v) is 6.23. The molecule has 0 bridgehead atoms. The number of hydrogen-bond acceptors (Lipinski definition) is 0. The molecule has 0 heteroatoms. The van der Waals surface area contributed by atoms with Gasteiger partial charge in [-0.25, -0.2) is 0 Å². The smallest absolute Gasteiger partial charge is 0.00201 e. The summed E-state index contributed by atoms with van der Waals surface area (Å²) in [6.45, 7) is 0. The molecule has 0 nitrogen and oxygen atoms in total. The van der Waals surface area contributed by atoms with Crippen LogP contribution in [0.25, 0.3) is 33.4 Å². The molecule has 0 saturated carbocycles. The second kappa shape index (κ2) is 3.58. The molecule has 0 N–H and O–H groups in total. The summed E-state index contributed by atoms with van der Waals surface area (Å²) in [6.07, 6.45) is 0. The molecule has 0 fully saturated rings. The van der Waals surface area contributed by atoms with E-state index < -0.39 is 0 Å². The predicted octanol–water partition coefficient (Wildman–Crippen LogP) is 5.00. The zero-order chi connectivity index (χ0) is 11.9. The van der Waals surface area contributed by atoms with Crippen LogP contribution in [0.15, 0.2) is 72.8 Å². The average Bonchev–Trinajstić information content (AvgIpc) is 2.92. The molecule has 2 aromatic rings. The van der Waals surface area contributed by atoms with Crippen LogP contribution >= 0.6 is 0 Å². The second-order valence-electron chi connectivity index (χ2n) is 4.64. The number of hydrogen-bond donors (Lipinski definition) is 0. The van der Waals surface area contributed by atoms with Crippen molar-refractivity contribution in [1.29, 1.82) is 0 Å². The highest BCUT2D eigenvalue weighted by Crippen LogP contribution is 2.53. The van der Waals surface area contributed by atoms with E-state index in [1.165, 1.54) is 33.4 Å². The van der Waals surface area contributed by atoms with E-state index in [9.17, 15) is 0 Å². The minimum Gasteiger partial charge on any atom is -0.0622 e. The second-order valence-corrected chi connectivity index (χ2v) is 4.64. The van der Waals surface area contributed by atoms with Gasteiger partial charge in [-0.2, -0.15) is 0 Å². The first kappa shape index (κ1) is 9.67. The maximum atomic E-state index is 2.22. The van der Waals surface area contributed by atoms with Crippen molar-refractivity contribution in [2.24, 2.45) is 0 Å². The van der Waals surface area contributed by atoms with Crippen molar-refractivity contribution in [1.82, 2.24) is 0 Å². The molecule has 2 aliphatic carbocycles. The van der Waals surface area contributed by atoms with E-state index in [0.717, 1.165) is 0 Å². The summed E-state index contributed by atoms with van der Waals surface area (Å²) >= 11 is 0. The van der Waals surface area contributed by atoms with Crippen LogP contribution in [0.3, 0.4) is 0 Å². The fourth-order valence-corrected chi connectivity index (χ4v) is 2.66. The molecule has 2 aliphatic rings. The Bertz CT molecular complexity index is 683. The lowest BCUT2D eigenvalue weighted by atomic mass is 9.98. The van der Waals surface area contributed by atoms with Crippen LogP contribution in [0.1, 0.15) is 0 Å². The van der Waals surface area contributed by atoms with Crippen LogP contribution in [0.4, 0.5) is 0 Å². The van der Waals surface area contributed by atoms with Gasteiger partial charge in [0.2, 0.25) is 0 Å². The Balaban J connectivity index is 1.92. The Morgan fingerprint density at radius 1 is 0.389 bits per heavy atom. The number of benzene rings is 3. The van der Waals surface area contributed by atoms with Gasteiger partial charge >= 0.3 is 0 Å². The Morgan fingerprint density at radius 2 is 0.944 bits per heavy atom. The summed E-state index contributed by atoms with van der Waals surface area (Å²) in [6, 6.07) is 25.8.